The van der Waals surface area contributed by atoms with Crippen LogP contribution >= 0.6 is 0 Å². The van der Waals surface area contributed by atoms with E-state index in [0.717, 1.165) is 6.61 Å². The Morgan fingerprint density at radius 1 is 1.25 bits per heavy atom. The predicted octanol–water partition coefficient (Wildman–Crippen LogP) is 1.25. The summed E-state index contributed by atoms with van der Waals surface area (Å²) >= 11 is 0. The Hall–Kier alpha value is -0.0800. The molecule has 0 aliphatic carbocycles. The molecule has 0 aliphatic heterocycles. The third-order valence-electron chi connectivity index (χ3n) is 0.289. The van der Waals surface area contributed by atoms with Crippen LogP contribution in [-0.2, 0) is 4.74 Å². The minimum atomic E-state index is 0.819. The van der Waals surface area contributed by atoms with Gasteiger partial charge >= 0.3 is 0 Å². The van der Waals surface area contributed by atoms with Gasteiger partial charge in [-0.25, -0.2) is 0 Å². The fourth-order valence-electron chi connectivity index (χ4n) is 0. The molecule has 0 rings (SSSR count). The van der Waals surface area contributed by atoms with Crippen LogP contribution in [-0.4, -0.2) is 20.8 Å². The summed E-state index contributed by atoms with van der Waals surface area (Å²) in [6.07, 6.45) is 0. The zero-order valence-corrected chi connectivity index (χ0v) is 6.69. The van der Waals surface area contributed by atoms with Crippen LogP contribution < -0.4 is 5.73 Å². The van der Waals surface area contributed by atoms with Crippen molar-refractivity contribution in [3.63, 3.8) is 0 Å². The number of ether oxygens (including phenoxy) is 1. The van der Waals surface area contributed by atoms with Crippen molar-refractivity contribution in [3.8, 4) is 0 Å². The van der Waals surface area contributed by atoms with Crippen LogP contribution in [0.1, 0.15) is 20.8 Å². The zero-order valence-electron chi connectivity index (χ0n) is 6.69. The summed E-state index contributed by atoms with van der Waals surface area (Å²) < 4.78 is 4.54. The highest BCUT2D eigenvalue weighted by Crippen LogP contribution is 1.52. The van der Waals surface area contributed by atoms with Crippen molar-refractivity contribution in [2.24, 2.45) is 5.73 Å². The lowest BCUT2D eigenvalue weighted by molar-refractivity contribution is 0.215. The Morgan fingerprint density at radius 2 is 1.38 bits per heavy atom. The largest absolute Gasteiger partial charge is 0.385 e. The third kappa shape index (κ3) is 169. The van der Waals surface area contributed by atoms with Gasteiger partial charge in [0.1, 0.15) is 0 Å². The van der Waals surface area contributed by atoms with E-state index >= 15 is 0 Å². The summed E-state index contributed by atoms with van der Waals surface area (Å²) in [5.74, 6) is 0. The Bertz CT molecular complexity index is 10.5. The van der Waals surface area contributed by atoms with Crippen molar-refractivity contribution in [3.05, 3.63) is 0 Å². The summed E-state index contributed by atoms with van der Waals surface area (Å²) in [6, 6.07) is 0. The van der Waals surface area contributed by atoms with Crippen LogP contribution in [0.25, 0.3) is 0 Å². The minimum Gasteiger partial charge on any atom is -0.385 e. The second kappa shape index (κ2) is 65.8. The number of methoxy groups -OCH3 is 1. The van der Waals surface area contributed by atoms with Crippen molar-refractivity contribution in [1.82, 2.24) is 0 Å². The second-order valence-electron chi connectivity index (χ2n) is 0.577. The van der Waals surface area contributed by atoms with Gasteiger partial charge in [0.05, 0.1) is 0 Å². The Morgan fingerprint density at radius 3 is 1.38 bits per heavy atom. The second-order valence-corrected chi connectivity index (χ2v) is 0.577. The van der Waals surface area contributed by atoms with E-state index in [2.05, 4.69) is 10.5 Å². The average Bonchev–Trinajstić information content (AvgIpc) is 1.96. The molecule has 0 fully saturated rings. The van der Waals surface area contributed by atoms with Crippen LogP contribution in [0.3, 0.4) is 0 Å². The van der Waals surface area contributed by atoms with Crippen LogP contribution in [0.2, 0.25) is 0 Å². The van der Waals surface area contributed by atoms with Crippen LogP contribution in [0, 0.1) is 0 Å². The molecule has 0 atom stereocenters. The minimum absolute atomic E-state index is 0.819. The maximum absolute atomic E-state index is 4.54. The molecule has 2 heteroatoms. The third-order valence-corrected chi connectivity index (χ3v) is 0.289. The van der Waals surface area contributed by atoms with Gasteiger partial charge in [-0.3, -0.25) is 0 Å². The summed E-state index contributed by atoms with van der Waals surface area (Å²) in [4.78, 5) is 0. The summed E-state index contributed by atoms with van der Waals surface area (Å²) in [5, 5.41) is 0. The first kappa shape index (κ1) is 15.7. The van der Waals surface area contributed by atoms with E-state index in [9.17, 15) is 0 Å². The fraction of sp³-hybridized carbons (Fsp3) is 1.00. The molecule has 0 aliphatic rings. The first-order chi connectivity index (χ1) is 3.91. The predicted molar refractivity (Wildman–Crippen MR) is 39.0 cm³/mol. The molecule has 0 saturated carbocycles. The fourth-order valence-corrected chi connectivity index (χ4v) is 0. The van der Waals surface area contributed by atoms with Crippen LogP contribution in [0.15, 0.2) is 0 Å². The molecule has 54 valence electrons. The van der Waals surface area contributed by atoms with E-state index in [1.807, 2.05) is 20.8 Å². The van der Waals surface area contributed by atoms with Crippen molar-refractivity contribution in [1.29, 1.82) is 0 Å². The molecule has 0 amide bonds. The highest BCUT2D eigenvalue weighted by molar-refractivity contribution is 3.94. The van der Waals surface area contributed by atoms with E-state index in [0.29, 0.717) is 0 Å². The van der Waals surface area contributed by atoms with Crippen molar-refractivity contribution >= 4 is 0 Å². The van der Waals surface area contributed by atoms with Gasteiger partial charge in [0.25, 0.3) is 0 Å². The first-order valence-corrected chi connectivity index (χ1v) is 2.98. The van der Waals surface area contributed by atoms with E-state index in [1.165, 1.54) is 7.05 Å². The first-order valence-electron chi connectivity index (χ1n) is 2.98. The molecule has 0 saturated heterocycles. The van der Waals surface area contributed by atoms with Crippen LogP contribution in [0.5, 0.6) is 0 Å². The van der Waals surface area contributed by atoms with E-state index in [1.54, 1.807) is 7.11 Å². The Balaban J connectivity index is -0.0000000542. The molecule has 8 heavy (non-hydrogen) atoms. The highest BCUT2D eigenvalue weighted by atomic mass is 16.5. The SMILES string of the molecule is CC.CCOC.CN. The lowest BCUT2D eigenvalue weighted by Crippen LogP contribution is -1.73. The van der Waals surface area contributed by atoms with Gasteiger partial charge in [0.2, 0.25) is 0 Å². The molecule has 2 N–H and O–H groups in total. The summed E-state index contributed by atoms with van der Waals surface area (Å²) in [5.41, 5.74) is 4.50. The Labute approximate surface area is 53.0 Å². The standard InChI is InChI=1S/C3H8O.C2H6.CH5N/c1-3-4-2;2*1-2/h3H2,1-2H3;1-2H3;2H2,1H3. The van der Waals surface area contributed by atoms with Crippen molar-refractivity contribution in [2.45, 2.75) is 20.8 Å². The maximum atomic E-state index is 4.54. The average molecular weight is 121 g/mol. The van der Waals surface area contributed by atoms with Gasteiger partial charge in [-0.2, -0.15) is 0 Å². The lowest BCUT2D eigenvalue weighted by atomic mass is 10.9. The Kier molecular flexibility index (Phi) is 129. The van der Waals surface area contributed by atoms with Crippen molar-refractivity contribution < 1.29 is 4.74 Å². The summed E-state index contributed by atoms with van der Waals surface area (Å²) in [6.45, 7) is 6.78. The molecule has 2 nitrogen and oxygen atoms in total. The lowest BCUT2D eigenvalue weighted by Gasteiger charge is -1.76. The number of rotatable bonds is 1. The number of nitrogens with two attached hydrogens (primary N) is 1. The smallest absolute Gasteiger partial charge is 0.0433 e. The molecule has 0 heterocycles. The van der Waals surface area contributed by atoms with Gasteiger partial charge in [-0.05, 0) is 14.0 Å². The normalized spacial score (nSPS) is 5.25. The van der Waals surface area contributed by atoms with Gasteiger partial charge in [0, 0.05) is 13.7 Å². The molecular weight excluding hydrogens is 102 g/mol. The van der Waals surface area contributed by atoms with E-state index in [-0.39, 0.29) is 0 Å². The van der Waals surface area contributed by atoms with Gasteiger partial charge in [0.15, 0.2) is 0 Å². The van der Waals surface area contributed by atoms with Crippen molar-refractivity contribution in [2.75, 3.05) is 20.8 Å². The number of hydrogen-bond donors (Lipinski definition) is 1. The quantitative estimate of drug-likeness (QED) is 0.566. The molecule has 0 aromatic heterocycles. The molecule has 0 spiro atoms. The molecular formula is C6H19NO. The molecule has 0 aromatic rings. The topological polar surface area (TPSA) is 35.2 Å². The molecule has 0 radical (unpaired) electrons. The molecule has 0 unspecified atom stereocenters. The van der Waals surface area contributed by atoms with E-state index in [4.69, 9.17) is 0 Å². The molecule has 0 aromatic carbocycles. The maximum Gasteiger partial charge on any atom is 0.0433 e. The molecule has 0 bridgehead atoms. The van der Waals surface area contributed by atoms with Crippen LogP contribution in [0.4, 0.5) is 0 Å². The summed E-state index contributed by atoms with van der Waals surface area (Å²) in [7, 11) is 3.18. The monoisotopic (exact) mass is 121 g/mol. The zero-order chi connectivity index (χ0) is 7.41. The number of hydrogen-bond acceptors (Lipinski definition) is 2. The van der Waals surface area contributed by atoms with Gasteiger partial charge in [-0.1, -0.05) is 13.8 Å². The van der Waals surface area contributed by atoms with Gasteiger partial charge in [-0.15, -0.1) is 0 Å². The highest BCUT2D eigenvalue weighted by Gasteiger charge is 1.51. The van der Waals surface area contributed by atoms with Gasteiger partial charge < -0.3 is 10.5 Å². The van der Waals surface area contributed by atoms with E-state index < -0.39 is 0 Å².